The zero-order valence-corrected chi connectivity index (χ0v) is 17.8. The molecule has 0 bridgehead atoms. The molecule has 2 aromatic rings. The average Bonchev–Trinajstić information content (AvgIpc) is 3.09. The monoisotopic (exact) mass is 414 g/mol. The Kier molecular flexibility index (Phi) is 4.83. The molecule has 0 fully saturated rings. The van der Waals surface area contributed by atoms with Crippen LogP contribution in [0.25, 0.3) is 11.0 Å². The van der Waals surface area contributed by atoms with Gasteiger partial charge in [-0.3, -0.25) is 4.90 Å². The van der Waals surface area contributed by atoms with Gasteiger partial charge in [0.2, 0.25) is 5.88 Å². The van der Waals surface area contributed by atoms with Gasteiger partial charge in [0.25, 0.3) is 0 Å². The van der Waals surface area contributed by atoms with Crippen molar-refractivity contribution in [2.75, 3.05) is 27.3 Å². The van der Waals surface area contributed by atoms with Crippen LogP contribution in [-0.2, 0) is 20.7 Å². The van der Waals surface area contributed by atoms with Crippen LogP contribution >= 0.6 is 0 Å². The van der Waals surface area contributed by atoms with Crippen LogP contribution in [0.2, 0.25) is 0 Å². The summed E-state index contributed by atoms with van der Waals surface area (Å²) in [6.45, 7) is 6.31. The molecule has 1 N–H and O–H groups in total. The molecule has 2 aromatic heterocycles. The number of fused-ring (bicyclic) bond motifs is 5. The summed E-state index contributed by atoms with van der Waals surface area (Å²) in [5.74, 6) is -0.0215. The van der Waals surface area contributed by atoms with Crippen LogP contribution in [0.5, 0.6) is 5.88 Å². The fourth-order valence-electron chi connectivity index (χ4n) is 3.94. The summed E-state index contributed by atoms with van der Waals surface area (Å²) < 4.78 is 15.7. The van der Waals surface area contributed by atoms with E-state index in [-0.39, 0.29) is 18.3 Å². The lowest BCUT2D eigenvalue weighted by Crippen LogP contribution is -2.49. The van der Waals surface area contributed by atoms with Gasteiger partial charge in [-0.05, 0) is 33.3 Å². The summed E-state index contributed by atoms with van der Waals surface area (Å²) in [6, 6.07) is 3.59. The van der Waals surface area contributed by atoms with Gasteiger partial charge in [-0.1, -0.05) is 0 Å². The van der Waals surface area contributed by atoms with Gasteiger partial charge in [0.15, 0.2) is 0 Å². The number of pyridine rings is 1. The number of aromatic amines is 1. The second-order valence-electron chi connectivity index (χ2n) is 8.37. The van der Waals surface area contributed by atoms with Crippen molar-refractivity contribution in [1.29, 1.82) is 0 Å². The molecule has 1 unspecified atom stereocenters. The Morgan fingerprint density at radius 2 is 2.00 bits per heavy atom. The number of ether oxygens (including phenoxy) is 3. The first kappa shape index (κ1) is 20.1. The molecule has 160 valence electrons. The average molecular weight is 414 g/mol. The number of esters is 1. The molecule has 1 atom stereocenters. The smallest absolute Gasteiger partial charge is 0.415 e. The first-order valence-electron chi connectivity index (χ1n) is 9.83. The number of hydrogen-bond acceptors (Lipinski definition) is 7. The van der Waals surface area contributed by atoms with Crippen molar-refractivity contribution >= 4 is 23.1 Å². The molecule has 2 aliphatic rings. The number of methoxy groups -OCH3 is 2. The maximum absolute atomic E-state index is 12.9. The standard InChI is InChI=1S/C21H26N4O5/c1-21(2,3)30-20(27)25-11-14-18-12(8-9-24(14)10-15(25)19(26)29-5)17-13(22-18)6-7-16(23-17)28-4/h6-7,10,14,22H,8-9,11H2,1-5H3. The first-order valence-corrected chi connectivity index (χ1v) is 9.83. The van der Waals surface area contributed by atoms with E-state index in [0.717, 1.165) is 28.7 Å². The molecule has 0 saturated heterocycles. The van der Waals surface area contributed by atoms with E-state index in [2.05, 4.69) is 14.9 Å². The minimum Gasteiger partial charge on any atom is -0.481 e. The molecule has 4 rings (SSSR count). The molecule has 1 amide bonds. The molecule has 2 aliphatic heterocycles. The topological polar surface area (TPSA) is 97.0 Å². The number of rotatable bonds is 2. The van der Waals surface area contributed by atoms with Crippen LogP contribution in [0.15, 0.2) is 24.0 Å². The van der Waals surface area contributed by atoms with Crippen LogP contribution in [-0.4, -0.2) is 64.7 Å². The normalized spacial score (nSPS) is 18.4. The number of amides is 1. The Morgan fingerprint density at radius 3 is 2.67 bits per heavy atom. The van der Waals surface area contributed by atoms with E-state index in [1.54, 1.807) is 34.1 Å². The highest BCUT2D eigenvalue weighted by atomic mass is 16.6. The SMILES string of the molecule is COC(=O)C1=CN2CCc3c([nH]c4ccc(OC)nc34)C2CN1C(=O)OC(C)(C)C. The molecule has 30 heavy (non-hydrogen) atoms. The van der Waals surface area contributed by atoms with Gasteiger partial charge in [0.1, 0.15) is 11.3 Å². The number of H-pyrrole nitrogens is 1. The largest absolute Gasteiger partial charge is 0.481 e. The summed E-state index contributed by atoms with van der Waals surface area (Å²) in [4.78, 5) is 36.7. The molecule has 9 heteroatoms. The van der Waals surface area contributed by atoms with E-state index in [0.29, 0.717) is 12.4 Å². The minimum atomic E-state index is -0.686. The molecule has 0 aliphatic carbocycles. The van der Waals surface area contributed by atoms with E-state index < -0.39 is 17.7 Å². The van der Waals surface area contributed by atoms with Gasteiger partial charge in [0, 0.05) is 30.1 Å². The highest BCUT2D eigenvalue weighted by Gasteiger charge is 2.40. The van der Waals surface area contributed by atoms with Gasteiger partial charge in [-0.15, -0.1) is 0 Å². The van der Waals surface area contributed by atoms with Crippen LogP contribution in [0, 0.1) is 0 Å². The van der Waals surface area contributed by atoms with Crippen molar-refractivity contribution in [3.05, 3.63) is 35.3 Å². The highest BCUT2D eigenvalue weighted by molar-refractivity contribution is 5.92. The quantitative estimate of drug-likeness (QED) is 0.755. The van der Waals surface area contributed by atoms with Crippen LogP contribution in [0.1, 0.15) is 38.1 Å². The predicted molar refractivity (Wildman–Crippen MR) is 109 cm³/mol. The third-order valence-electron chi connectivity index (χ3n) is 5.26. The number of hydrogen-bond donors (Lipinski definition) is 1. The zero-order chi connectivity index (χ0) is 21.6. The van der Waals surface area contributed by atoms with E-state index in [4.69, 9.17) is 14.2 Å². The Bertz CT molecular complexity index is 1040. The Hall–Kier alpha value is -3.23. The molecular formula is C21H26N4O5. The fraction of sp³-hybridized carbons (Fsp3) is 0.476. The Balaban J connectivity index is 1.75. The van der Waals surface area contributed by atoms with Gasteiger partial charge in [-0.25, -0.2) is 14.6 Å². The second kappa shape index (κ2) is 7.23. The minimum absolute atomic E-state index is 0.158. The zero-order valence-electron chi connectivity index (χ0n) is 17.8. The van der Waals surface area contributed by atoms with Gasteiger partial charge >= 0.3 is 12.1 Å². The van der Waals surface area contributed by atoms with E-state index in [1.165, 1.54) is 12.0 Å². The molecular weight excluding hydrogens is 388 g/mol. The second-order valence-corrected chi connectivity index (χ2v) is 8.37. The third-order valence-corrected chi connectivity index (χ3v) is 5.26. The molecule has 0 aromatic carbocycles. The first-order chi connectivity index (χ1) is 14.2. The number of aromatic nitrogens is 2. The lowest BCUT2D eigenvalue weighted by Gasteiger charge is -2.42. The van der Waals surface area contributed by atoms with Crippen molar-refractivity contribution < 1.29 is 23.8 Å². The molecule has 0 radical (unpaired) electrons. The van der Waals surface area contributed by atoms with Crippen molar-refractivity contribution in [3.63, 3.8) is 0 Å². The lowest BCUT2D eigenvalue weighted by molar-refractivity contribution is -0.138. The Labute approximate surface area is 174 Å². The van der Waals surface area contributed by atoms with Crippen molar-refractivity contribution in [2.24, 2.45) is 0 Å². The Morgan fingerprint density at radius 1 is 1.23 bits per heavy atom. The summed E-state index contributed by atoms with van der Waals surface area (Å²) in [7, 11) is 2.89. The van der Waals surface area contributed by atoms with Crippen LogP contribution in [0.3, 0.4) is 0 Å². The summed E-state index contributed by atoms with van der Waals surface area (Å²) in [5, 5.41) is 0. The molecule has 0 saturated carbocycles. The third kappa shape index (κ3) is 3.44. The van der Waals surface area contributed by atoms with E-state index in [1.807, 2.05) is 12.1 Å². The number of carbonyl (C=O) groups excluding carboxylic acids is 2. The number of carbonyl (C=O) groups is 2. The van der Waals surface area contributed by atoms with Crippen molar-refractivity contribution in [1.82, 2.24) is 19.8 Å². The van der Waals surface area contributed by atoms with Crippen LogP contribution in [0.4, 0.5) is 4.79 Å². The lowest BCUT2D eigenvalue weighted by atomic mass is 9.97. The van der Waals surface area contributed by atoms with E-state index in [9.17, 15) is 9.59 Å². The summed E-state index contributed by atoms with van der Waals surface area (Å²) in [6.07, 6.45) is 1.86. The van der Waals surface area contributed by atoms with Gasteiger partial charge in [0.05, 0.1) is 37.8 Å². The van der Waals surface area contributed by atoms with Gasteiger partial charge in [-0.2, -0.15) is 0 Å². The maximum atomic E-state index is 12.9. The van der Waals surface area contributed by atoms with E-state index >= 15 is 0 Å². The predicted octanol–water partition coefficient (Wildman–Crippen LogP) is 2.74. The maximum Gasteiger partial charge on any atom is 0.415 e. The van der Waals surface area contributed by atoms with Crippen molar-refractivity contribution in [2.45, 2.75) is 38.8 Å². The summed E-state index contributed by atoms with van der Waals surface area (Å²) >= 11 is 0. The fourth-order valence-corrected chi connectivity index (χ4v) is 3.94. The number of nitrogens with one attached hydrogen (secondary N) is 1. The molecule has 4 heterocycles. The molecule has 0 spiro atoms. The van der Waals surface area contributed by atoms with Crippen LogP contribution < -0.4 is 4.74 Å². The molecule has 9 nitrogen and oxygen atoms in total. The highest BCUT2D eigenvalue weighted by Crippen LogP contribution is 2.38. The van der Waals surface area contributed by atoms with Gasteiger partial charge < -0.3 is 24.1 Å². The number of nitrogens with zero attached hydrogens (tertiary/aromatic N) is 3. The van der Waals surface area contributed by atoms with Crippen molar-refractivity contribution in [3.8, 4) is 5.88 Å². The summed E-state index contributed by atoms with van der Waals surface area (Å²) in [5.41, 5.74) is 3.34.